The summed E-state index contributed by atoms with van der Waals surface area (Å²) in [6, 6.07) is 2.88. The molecule has 1 aliphatic rings. The topological polar surface area (TPSA) is 50.2 Å². The molecule has 1 aliphatic carbocycles. The summed E-state index contributed by atoms with van der Waals surface area (Å²) in [5.41, 5.74) is 0.380. The number of carboxylic acid groups (broad SMARTS) is 1. The van der Waals surface area contributed by atoms with Crippen molar-refractivity contribution in [2.75, 3.05) is 0 Å². The van der Waals surface area contributed by atoms with Gasteiger partial charge in [0.05, 0.1) is 12.1 Å². The van der Waals surface area contributed by atoms with Gasteiger partial charge in [-0.3, -0.25) is 9.78 Å². The average Bonchev–Trinajstić information content (AvgIpc) is 2.70. The Balaban J connectivity index is 2.27. The van der Waals surface area contributed by atoms with Gasteiger partial charge in [-0.15, -0.1) is 0 Å². The minimum Gasteiger partial charge on any atom is -0.481 e. The highest BCUT2D eigenvalue weighted by atomic mass is 19.1. The Morgan fingerprint density at radius 2 is 2.20 bits per heavy atom. The van der Waals surface area contributed by atoms with E-state index in [2.05, 4.69) is 4.98 Å². The van der Waals surface area contributed by atoms with Gasteiger partial charge in [0.15, 0.2) is 0 Å². The number of aliphatic carboxylic acids is 1. The van der Waals surface area contributed by atoms with Crippen LogP contribution >= 0.6 is 0 Å². The van der Waals surface area contributed by atoms with Crippen LogP contribution < -0.4 is 0 Å². The Labute approximate surface area is 87.0 Å². The number of carbonyl (C=O) groups is 1. The summed E-state index contributed by atoms with van der Waals surface area (Å²) in [6.45, 7) is 3.78. The van der Waals surface area contributed by atoms with Gasteiger partial charge in [0.2, 0.25) is 0 Å². The number of pyridine rings is 1. The van der Waals surface area contributed by atoms with Crippen LogP contribution in [0.5, 0.6) is 0 Å². The fraction of sp³-hybridized carbons (Fsp3) is 0.455. The number of halogens is 1. The zero-order valence-electron chi connectivity index (χ0n) is 8.57. The van der Waals surface area contributed by atoms with Crippen LogP contribution in [-0.4, -0.2) is 16.1 Å². The maximum Gasteiger partial charge on any atom is 0.307 e. The Morgan fingerprint density at radius 3 is 2.60 bits per heavy atom. The van der Waals surface area contributed by atoms with Crippen molar-refractivity contribution in [2.24, 2.45) is 11.3 Å². The van der Waals surface area contributed by atoms with Crippen LogP contribution in [0, 0.1) is 17.2 Å². The third kappa shape index (κ3) is 1.50. The Kier molecular flexibility index (Phi) is 2.03. The molecule has 0 aromatic carbocycles. The monoisotopic (exact) mass is 209 g/mol. The SMILES string of the molecule is CC1(C)C(C(=O)O)C1c1ccc(F)cn1. The summed E-state index contributed by atoms with van der Waals surface area (Å²) in [4.78, 5) is 14.9. The standard InChI is InChI=1S/C11H12FNO2/c1-11(2)8(9(11)10(14)15)7-4-3-6(12)5-13-7/h3-5,8-9H,1-2H3,(H,14,15). The van der Waals surface area contributed by atoms with Crippen molar-refractivity contribution in [2.45, 2.75) is 19.8 Å². The molecular formula is C11H12FNO2. The number of carboxylic acids is 1. The fourth-order valence-electron chi connectivity index (χ4n) is 2.22. The van der Waals surface area contributed by atoms with E-state index in [1.54, 1.807) is 6.07 Å². The van der Waals surface area contributed by atoms with Gasteiger partial charge in [0.25, 0.3) is 0 Å². The van der Waals surface area contributed by atoms with Crippen LogP contribution in [0.25, 0.3) is 0 Å². The van der Waals surface area contributed by atoms with E-state index in [0.29, 0.717) is 5.69 Å². The lowest BCUT2D eigenvalue weighted by Crippen LogP contribution is -2.03. The highest BCUT2D eigenvalue weighted by Gasteiger charge is 2.63. The van der Waals surface area contributed by atoms with Gasteiger partial charge in [-0.2, -0.15) is 0 Å². The number of aromatic nitrogens is 1. The van der Waals surface area contributed by atoms with Gasteiger partial charge >= 0.3 is 5.97 Å². The summed E-state index contributed by atoms with van der Waals surface area (Å²) >= 11 is 0. The van der Waals surface area contributed by atoms with E-state index in [9.17, 15) is 9.18 Å². The lowest BCUT2D eigenvalue weighted by Gasteiger charge is -2.00. The molecule has 0 bridgehead atoms. The van der Waals surface area contributed by atoms with Gasteiger partial charge in [-0.05, 0) is 17.5 Å². The van der Waals surface area contributed by atoms with E-state index in [1.165, 1.54) is 6.07 Å². The molecule has 0 saturated heterocycles. The molecule has 1 N–H and O–H groups in total. The minimum absolute atomic E-state index is 0.101. The number of hydrogen-bond donors (Lipinski definition) is 1. The van der Waals surface area contributed by atoms with Crippen LogP contribution in [0.4, 0.5) is 4.39 Å². The summed E-state index contributed by atoms with van der Waals surface area (Å²) in [6.07, 6.45) is 1.13. The highest BCUT2D eigenvalue weighted by Crippen LogP contribution is 2.63. The number of nitrogens with zero attached hydrogens (tertiary/aromatic N) is 1. The smallest absolute Gasteiger partial charge is 0.307 e. The van der Waals surface area contributed by atoms with Crippen molar-refractivity contribution in [3.63, 3.8) is 0 Å². The third-order valence-electron chi connectivity index (χ3n) is 3.16. The average molecular weight is 209 g/mol. The normalized spacial score (nSPS) is 27.4. The lowest BCUT2D eigenvalue weighted by atomic mass is 10.1. The van der Waals surface area contributed by atoms with Gasteiger partial charge in [-0.25, -0.2) is 4.39 Å². The van der Waals surface area contributed by atoms with Gasteiger partial charge in [0.1, 0.15) is 5.82 Å². The van der Waals surface area contributed by atoms with Gasteiger partial charge in [-0.1, -0.05) is 13.8 Å². The lowest BCUT2D eigenvalue weighted by molar-refractivity contribution is -0.139. The van der Waals surface area contributed by atoms with Gasteiger partial charge in [0, 0.05) is 11.6 Å². The first-order chi connectivity index (χ1) is 6.94. The van der Waals surface area contributed by atoms with E-state index in [4.69, 9.17) is 5.11 Å². The molecule has 2 rings (SSSR count). The van der Waals surface area contributed by atoms with E-state index >= 15 is 0 Å². The molecule has 0 amide bonds. The molecule has 1 aromatic heterocycles. The molecule has 0 spiro atoms. The molecule has 0 radical (unpaired) electrons. The van der Waals surface area contributed by atoms with Crippen molar-refractivity contribution in [1.29, 1.82) is 0 Å². The predicted molar refractivity (Wildman–Crippen MR) is 51.8 cm³/mol. The Hall–Kier alpha value is -1.45. The molecule has 2 unspecified atom stereocenters. The minimum atomic E-state index is -0.809. The zero-order chi connectivity index (χ0) is 11.2. The first-order valence-corrected chi connectivity index (χ1v) is 4.79. The summed E-state index contributed by atoms with van der Waals surface area (Å²) in [5, 5.41) is 8.97. The Bertz CT molecular complexity index is 400. The molecule has 4 heteroatoms. The van der Waals surface area contributed by atoms with E-state index in [0.717, 1.165) is 6.20 Å². The summed E-state index contributed by atoms with van der Waals surface area (Å²) < 4.78 is 12.6. The van der Waals surface area contributed by atoms with Gasteiger partial charge < -0.3 is 5.11 Å². The molecule has 0 aliphatic heterocycles. The third-order valence-corrected chi connectivity index (χ3v) is 3.16. The fourth-order valence-corrected chi connectivity index (χ4v) is 2.22. The van der Waals surface area contributed by atoms with Crippen LogP contribution in [0.1, 0.15) is 25.5 Å². The second-order valence-corrected chi connectivity index (χ2v) is 4.52. The van der Waals surface area contributed by atoms with Crippen molar-refractivity contribution in [1.82, 2.24) is 4.98 Å². The maximum absolute atomic E-state index is 12.6. The first-order valence-electron chi connectivity index (χ1n) is 4.79. The van der Waals surface area contributed by atoms with Crippen molar-refractivity contribution in [3.8, 4) is 0 Å². The second-order valence-electron chi connectivity index (χ2n) is 4.52. The number of rotatable bonds is 2. The zero-order valence-corrected chi connectivity index (χ0v) is 8.57. The van der Waals surface area contributed by atoms with E-state index in [-0.39, 0.29) is 11.3 Å². The first kappa shape index (κ1) is 10.1. The molecule has 15 heavy (non-hydrogen) atoms. The molecule has 2 atom stereocenters. The molecule has 1 saturated carbocycles. The van der Waals surface area contributed by atoms with Crippen LogP contribution in [0.15, 0.2) is 18.3 Å². The van der Waals surface area contributed by atoms with Crippen LogP contribution in [0.3, 0.4) is 0 Å². The highest BCUT2D eigenvalue weighted by molar-refractivity contribution is 5.77. The van der Waals surface area contributed by atoms with E-state index < -0.39 is 17.7 Å². The van der Waals surface area contributed by atoms with Crippen LogP contribution in [0.2, 0.25) is 0 Å². The summed E-state index contributed by atoms with van der Waals surface area (Å²) in [5.74, 6) is -1.72. The quantitative estimate of drug-likeness (QED) is 0.810. The molecule has 80 valence electrons. The maximum atomic E-state index is 12.6. The van der Waals surface area contributed by atoms with E-state index in [1.807, 2.05) is 13.8 Å². The molecule has 1 fully saturated rings. The van der Waals surface area contributed by atoms with Crippen molar-refractivity contribution < 1.29 is 14.3 Å². The predicted octanol–water partition coefficient (Wildman–Crippen LogP) is 2.04. The molecule has 1 aromatic rings. The summed E-state index contributed by atoms with van der Waals surface area (Å²) in [7, 11) is 0. The number of hydrogen-bond acceptors (Lipinski definition) is 2. The molecular weight excluding hydrogens is 197 g/mol. The van der Waals surface area contributed by atoms with Crippen molar-refractivity contribution >= 4 is 5.97 Å². The van der Waals surface area contributed by atoms with Crippen LogP contribution in [-0.2, 0) is 4.79 Å². The second kappa shape index (κ2) is 3.02. The Morgan fingerprint density at radius 1 is 1.53 bits per heavy atom. The van der Waals surface area contributed by atoms with Crippen molar-refractivity contribution in [3.05, 3.63) is 29.8 Å². The molecule has 1 heterocycles. The largest absolute Gasteiger partial charge is 0.481 e. The molecule has 3 nitrogen and oxygen atoms in total.